The fourth-order valence-electron chi connectivity index (χ4n) is 5.24. The van der Waals surface area contributed by atoms with Gasteiger partial charge in [-0.2, -0.15) is 0 Å². The van der Waals surface area contributed by atoms with E-state index in [0.29, 0.717) is 12.3 Å². The Labute approximate surface area is 141 Å². The van der Waals surface area contributed by atoms with Crippen molar-refractivity contribution in [2.75, 3.05) is 11.5 Å². The Morgan fingerprint density at radius 1 is 1.04 bits per heavy atom. The quantitative estimate of drug-likeness (QED) is 0.631. The summed E-state index contributed by atoms with van der Waals surface area (Å²) in [6.07, 6.45) is 7.70. The summed E-state index contributed by atoms with van der Waals surface area (Å²) in [6, 6.07) is 7.33. The summed E-state index contributed by atoms with van der Waals surface area (Å²) < 4.78 is 5.58. The fraction of sp³-hybridized carbons (Fsp3) is 0.500. The number of fused-ring (bicyclic) bond motifs is 3. The lowest BCUT2D eigenvalue weighted by molar-refractivity contribution is -0.123. The van der Waals surface area contributed by atoms with Crippen molar-refractivity contribution in [3.8, 4) is 5.75 Å². The Morgan fingerprint density at radius 2 is 1.62 bits per heavy atom. The van der Waals surface area contributed by atoms with Gasteiger partial charge in [0.1, 0.15) is 5.75 Å². The largest absolute Gasteiger partial charge is 0.494 e. The number of amides is 2. The third-order valence-electron chi connectivity index (χ3n) is 6.42. The van der Waals surface area contributed by atoms with E-state index >= 15 is 0 Å². The first-order chi connectivity index (χ1) is 11.7. The van der Waals surface area contributed by atoms with Crippen LogP contribution in [0.3, 0.4) is 0 Å². The van der Waals surface area contributed by atoms with Crippen LogP contribution in [0.4, 0.5) is 5.69 Å². The molecule has 5 rings (SSSR count). The van der Waals surface area contributed by atoms with Crippen LogP contribution < -0.4 is 9.64 Å². The maximum atomic E-state index is 13.0. The lowest BCUT2D eigenvalue weighted by Gasteiger charge is -2.21. The van der Waals surface area contributed by atoms with Gasteiger partial charge < -0.3 is 4.74 Å². The van der Waals surface area contributed by atoms with Gasteiger partial charge in [0, 0.05) is 0 Å². The van der Waals surface area contributed by atoms with Crippen molar-refractivity contribution < 1.29 is 14.3 Å². The molecule has 3 fully saturated rings. The van der Waals surface area contributed by atoms with Crippen LogP contribution in [-0.4, -0.2) is 18.4 Å². The van der Waals surface area contributed by atoms with E-state index in [1.165, 1.54) is 17.7 Å². The highest BCUT2D eigenvalue weighted by Gasteiger charge is 2.73. The van der Waals surface area contributed by atoms with Crippen molar-refractivity contribution in [3.63, 3.8) is 0 Å². The summed E-state index contributed by atoms with van der Waals surface area (Å²) in [7, 11) is 0. The number of imide groups is 1. The Balaban J connectivity index is 1.43. The standard InChI is InChI=1S/C20H21NO3/c1-2-11-24-13-5-3-12(4-6-13)21-18(22)16-14-7-8-15(17(16)19(21)23)20(14)9-10-20/h3-8,14-17H,2,9-11H2,1H3/t14-,15-,16-,17+/m0/s1. The summed E-state index contributed by atoms with van der Waals surface area (Å²) in [4.78, 5) is 27.4. The average molecular weight is 323 g/mol. The van der Waals surface area contributed by atoms with Gasteiger partial charge in [-0.05, 0) is 60.8 Å². The molecule has 24 heavy (non-hydrogen) atoms. The molecule has 1 heterocycles. The second-order valence-corrected chi connectivity index (χ2v) is 7.58. The number of benzene rings is 1. The minimum Gasteiger partial charge on any atom is -0.494 e. The monoisotopic (exact) mass is 323 g/mol. The van der Waals surface area contributed by atoms with Crippen LogP contribution in [0.25, 0.3) is 0 Å². The molecule has 1 aliphatic heterocycles. The smallest absolute Gasteiger partial charge is 0.238 e. The number of rotatable bonds is 4. The van der Waals surface area contributed by atoms with E-state index in [0.717, 1.165) is 12.2 Å². The minimum atomic E-state index is -0.133. The topological polar surface area (TPSA) is 46.6 Å². The zero-order chi connectivity index (χ0) is 16.5. The van der Waals surface area contributed by atoms with Crippen LogP contribution in [0.15, 0.2) is 36.4 Å². The van der Waals surface area contributed by atoms with Gasteiger partial charge in [-0.3, -0.25) is 14.5 Å². The molecule has 4 heteroatoms. The molecule has 0 radical (unpaired) electrons. The van der Waals surface area contributed by atoms with Gasteiger partial charge >= 0.3 is 0 Å². The minimum absolute atomic E-state index is 0.00430. The number of carbonyl (C=O) groups excluding carboxylic acids is 2. The van der Waals surface area contributed by atoms with Crippen LogP contribution in [0.5, 0.6) is 5.75 Å². The molecule has 0 N–H and O–H groups in total. The average Bonchev–Trinajstić information content (AvgIpc) is 3.19. The second kappa shape index (κ2) is 4.71. The van der Waals surface area contributed by atoms with Gasteiger partial charge in [0.05, 0.1) is 24.1 Å². The van der Waals surface area contributed by atoms with E-state index in [1.54, 1.807) is 0 Å². The predicted molar refractivity (Wildman–Crippen MR) is 89.5 cm³/mol. The number of hydrogen-bond acceptors (Lipinski definition) is 3. The summed E-state index contributed by atoms with van der Waals surface area (Å²) in [5.74, 6) is 1.06. The number of ether oxygens (including phenoxy) is 1. The molecule has 1 aromatic carbocycles. The lowest BCUT2D eigenvalue weighted by atomic mass is 9.85. The third-order valence-corrected chi connectivity index (χ3v) is 6.42. The van der Waals surface area contributed by atoms with Crippen molar-refractivity contribution in [2.45, 2.75) is 26.2 Å². The molecule has 124 valence electrons. The van der Waals surface area contributed by atoms with E-state index in [2.05, 4.69) is 19.1 Å². The molecule has 4 aliphatic rings. The lowest BCUT2D eigenvalue weighted by Crippen LogP contribution is -2.34. The molecule has 4 nitrogen and oxygen atoms in total. The zero-order valence-electron chi connectivity index (χ0n) is 13.8. The summed E-state index contributed by atoms with van der Waals surface area (Å²) >= 11 is 0. The van der Waals surface area contributed by atoms with E-state index in [1.807, 2.05) is 24.3 Å². The molecule has 4 atom stereocenters. The Kier molecular flexibility index (Phi) is 2.80. The molecular weight excluding hydrogens is 302 g/mol. The van der Waals surface area contributed by atoms with Crippen molar-refractivity contribution in [3.05, 3.63) is 36.4 Å². The number of anilines is 1. The molecule has 1 spiro atoms. The summed E-state index contributed by atoms with van der Waals surface area (Å²) in [5, 5.41) is 0. The number of hydrogen-bond donors (Lipinski definition) is 0. The normalized spacial score (nSPS) is 34.3. The van der Waals surface area contributed by atoms with E-state index in [4.69, 9.17) is 4.74 Å². The molecule has 0 unspecified atom stereocenters. The highest BCUT2D eigenvalue weighted by atomic mass is 16.5. The second-order valence-electron chi connectivity index (χ2n) is 7.58. The van der Waals surface area contributed by atoms with Crippen LogP contribution in [0.2, 0.25) is 0 Å². The molecule has 3 aliphatic carbocycles. The number of allylic oxidation sites excluding steroid dienone is 2. The molecule has 1 saturated heterocycles. The number of nitrogens with zero attached hydrogens (tertiary/aromatic N) is 1. The molecule has 2 bridgehead atoms. The molecular formula is C20H21NO3. The van der Waals surface area contributed by atoms with E-state index in [9.17, 15) is 9.59 Å². The summed E-state index contributed by atoms with van der Waals surface area (Å²) in [5.41, 5.74) is 0.928. The van der Waals surface area contributed by atoms with Gasteiger partial charge in [0.2, 0.25) is 11.8 Å². The highest BCUT2D eigenvalue weighted by Crippen LogP contribution is 2.73. The van der Waals surface area contributed by atoms with Gasteiger partial charge in [0.15, 0.2) is 0 Å². The van der Waals surface area contributed by atoms with Crippen molar-refractivity contribution in [2.24, 2.45) is 29.1 Å². The van der Waals surface area contributed by atoms with Gasteiger partial charge in [-0.15, -0.1) is 0 Å². The van der Waals surface area contributed by atoms with Crippen molar-refractivity contribution in [1.82, 2.24) is 0 Å². The van der Waals surface area contributed by atoms with E-state index in [-0.39, 0.29) is 40.9 Å². The number of carbonyl (C=O) groups is 2. The predicted octanol–water partition coefficient (Wildman–Crippen LogP) is 3.18. The first-order valence-electron chi connectivity index (χ1n) is 8.96. The Hall–Kier alpha value is -2.10. The van der Waals surface area contributed by atoms with E-state index < -0.39 is 0 Å². The van der Waals surface area contributed by atoms with Gasteiger partial charge in [-0.1, -0.05) is 19.1 Å². The van der Waals surface area contributed by atoms with Crippen molar-refractivity contribution in [1.29, 1.82) is 0 Å². The summed E-state index contributed by atoms with van der Waals surface area (Å²) in [6.45, 7) is 2.73. The van der Waals surface area contributed by atoms with Crippen LogP contribution in [-0.2, 0) is 9.59 Å². The van der Waals surface area contributed by atoms with Gasteiger partial charge in [0.25, 0.3) is 0 Å². The molecule has 1 aromatic rings. The third kappa shape index (κ3) is 1.64. The maximum Gasteiger partial charge on any atom is 0.238 e. The molecule has 2 saturated carbocycles. The van der Waals surface area contributed by atoms with Crippen molar-refractivity contribution >= 4 is 17.5 Å². The first kappa shape index (κ1) is 14.3. The van der Waals surface area contributed by atoms with Crippen LogP contribution >= 0.6 is 0 Å². The SMILES string of the molecule is CCCOc1ccc(N2C(=O)[C@@H]3[C@H](C2=O)[C@@H]2C=C[C@@H]3C23CC3)cc1. The maximum absolute atomic E-state index is 13.0. The highest BCUT2D eigenvalue weighted by molar-refractivity contribution is 6.23. The van der Waals surface area contributed by atoms with Crippen LogP contribution in [0.1, 0.15) is 26.2 Å². The molecule has 0 aromatic heterocycles. The Bertz CT molecular complexity index is 713. The van der Waals surface area contributed by atoms with Crippen LogP contribution in [0, 0.1) is 29.1 Å². The zero-order valence-corrected chi connectivity index (χ0v) is 13.8. The Morgan fingerprint density at radius 3 is 2.12 bits per heavy atom. The fourth-order valence-corrected chi connectivity index (χ4v) is 5.24. The first-order valence-corrected chi connectivity index (χ1v) is 8.96. The molecule has 2 amide bonds. The van der Waals surface area contributed by atoms with Gasteiger partial charge in [-0.25, -0.2) is 0 Å².